The van der Waals surface area contributed by atoms with Gasteiger partial charge in [0.15, 0.2) is 5.78 Å². The van der Waals surface area contributed by atoms with E-state index in [1.54, 1.807) is 30.3 Å². The Morgan fingerprint density at radius 2 is 1.71 bits per heavy atom. The lowest BCUT2D eigenvalue weighted by Gasteiger charge is -2.20. The molecule has 0 saturated carbocycles. The molecule has 0 bridgehead atoms. The van der Waals surface area contributed by atoms with Gasteiger partial charge in [0, 0.05) is 33.2 Å². The summed E-state index contributed by atoms with van der Waals surface area (Å²) < 4.78 is 7.55. The highest BCUT2D eigenvalue weighted by Gasteiger charge is 2.26. The highest BCUT2D eigenvalue weighted by molar-refractivity contribution is 9.10. The van der Waals surface area contributed by atoms with E-state index in [0.29, 0.717) is 27.4 Å². The summed E-state index contributed by atoms with van der Waals surface area (Å²) in [5.41, 5.74) is 3.06. The fraction of sp³-hybridized carbons (Fsp3) is 0.172. The van der Waals surface area contributed by atoms with Crippen molar-refractivity contribution in [2.45, 2.75) is 26.3 Å². The Morgan fingerprint density at radius 1 is 1.03 bits per heavy atom. The Bertz CT molecular complexity index is 1550. The van der Waals surface area contributed by atoms with Crippen LogP contribution in [0.15, 0.2) is 82.1 Å². The summed E-state index contributed by atoms with van der Waals surface area (Å²) >= 11 is 9.63. The van der Waals surface area contributed by atoms with Crippen molar-refractivity contribution in [1.29, 1.82) is 0 Å². The minimum Gasteiger partial charge on any atom is -0.480 e. The van der Waals surface area contributed by atoms with Gasteiger partial charge in [-0.1, -0.05) is 57.4 Å². The topological polar surface area (TPSA) is 90.3 Å². The van der Waals surface area contributed by atoms with Gasteiger partial charge >= 0.3 is 0 Å². The van der Waals surface area contributed by atoms with Crippen LogP contribution in [0.3, 0.4) is 0 Å². The van der Waals surface area contributed by atoms with Crippen LogP contribution in [0.5, 0.6) is 5.88 Å². The van der Waals surface area contributed by atoms with Gasteiger partial charge in [-0.05, 0) is 67.4 Å². The molecule has 9 heteroatoms. The Labute approximate surface area is 233 Å². The number of hydrogen-bond donors (Lipinski definition) is 1. The molecular weight excluding hydrogens is 570 g/mol. The zero-order valence-electron chi connectivity index (χ0n) is 21.0. The fourth-order valence-corrected chi connectivity index (χ4v) is 4.50. The summed E-state index contributed by atoms with van der Waals surface area (Å²) in [6.07, 6.45) is 0.205. The second-order valence-corrected chi connectivity index (χ2v) is 10.1. The average molecular weight is 595 g/mol. The van der Waals surface area contributed by atoms with Crippen LogP contribution in [-0.2, 0) is 11.2 Å². The number of methoxy groups -OCH3 is 1. The van der Waals surface area contributed by atoms with Gasteiger partial charge in [-0.2, -0.15) is 0 Å². The quantitative estimate of drug-likeness (QED) is 0.243. The molecule has 0 spiro atoms. The normalized spacial score (nSPS) is 11.6. The largest absolute Gasteiger partial charge is 0.480 e. The molecule has 194 valence electrons. The van der Waals surface area contributed by atoms with Crippen LogP contribution < -0.4 is 15.6 Å². The Balaban J connectivity index is 1.81. The number of carbonyl (C=O) groups excluding carboxylic acids is 2. The first kappa shape index (κ1) is 27.3. The van der Waals surface area contributed by atoms with Gasteiger partial charge in [0.2, 0.25) is 11.8 Å². The second-order valence-electron chi connectivity index (χ2n) is 8.80. The summed E-state index contributed by atoms with van der Waals surface area (Å²) in [4.78, 5) is 39.3. The van der Waals surface area contributed by atoms with E-state index in [0.717, 1.165) is 20.3 Å². The molecule has 7 nitrogen and oxygen atoms in total. The van der Waals surface area contributed by atoms with E-state index in [4.69, 9.17) is 16.3 Å². The van der Waals surface area contributed by atoms with Crippen molar-refractivity contribution in [3.8, 4) is 17.0 Å². The molecule has 4 aromatic rings. The molecule has 0 saturated heterocycles. The number of anilines is 1. The number of aromatic nitrogens is 2. The number of Topliss-reactive ketones (excluding diaryl/α,β-unsaturated/α-hetero) is 1. The van der Waals surface area contributed by atoms with Gasteiger partial charge in [-0.25, -0.2) is 4.68 Å². The maximum Gasteiger partial charge on any atom is 0.268 e. The Hall–Kier alpha value is -3.75. The summed E-state index contributed by atoms with van der Waals surface area (Å²) in [6, 6.07) is 20.0. The first-order valence-electron chi connectivity index (χ1n) is 11.8. The summed E-state index contributed by atoms with van der Waals surface area (Å²) in [5.74, 6) is -0.528. The standard InChI is InChI=1S/C29H25BrClN3O4/c1-17-4-11-22(12-5-17)32-28(37)26(14-19-6-8-20(30)9-7-19)34-27(36)16-25(29(33-34)38-3)24-15-21(31)10-13-23(24)18(2)35/h4-13,15-16,26H,14H2,1-3H3,(H,32,37). The van der Waals surface area contributed by atoms with Gasteiger partial charge < -0.3 is 10.1 Å². The number of carbonyl (C=O) groups is 2. The number of ether oxygens (including phenoxy) is 1. The highest BCUT2D eigenvalue weighted by Crippen LogP contribution is 2.32. The number of benzene rings is 3. The minimum absolute atomic E-state index is 0.0818. The van der Waals surface area contributed by atoms with Gasteiger partial charge in [-0.15, -0.1) is 5.10 Å². The summed E-state index contributed by atoms with van der Waals surface area (Å²) in [6.45, 7) is 3.38. The van der Waals surface area contributed by atoms with E-state index in [2.05, 4.69) is 26.3 Å². The van der Waals surface area contributed by atoms with Crippen LogP contribution in [-0.4, -0.2) is 28.6 Å². The average Bonchev–Trinajstić information content (AvgIpc) is 2.89. The van der Waals surface area contributed by atoms with Crippen LogP contribution >= 0.6 is 27.5 Å². The lowest BCUT2D eigenvalue weighted by atomic mass is 9.98. The third-order valence-electron chi connectivity index (χ3n) is 6.03. The molecule has 38 heavy (non-hydrogen) atoms. The smallest absolute Gasteiger partial charge is 0.268 e. The van der Waals surface area contributed by atoms with Crippen molar-refractivity contribution >= 4 is 44.9 Å². The zero-order chi connectivity index (χ0) is 27.4. The van der Waals surface area contributed by atoms with Crippen molar-refractivity contribution in [3.63, 3.8) is 0 Å². The maximum atomic E-state index is 13.5. The first-order chi connectivity index (χ1) is 18.2. The number of nitrogens with zero attached hydrogens (tertiary/aromatic N) is 2. The fourth-order valence-electron chi connectivity index (χ4n) is 4.06. The van der Waals surface area contributed by atoms with Crippen molar-refractivity contribution < 1.29 is 14.3 Å². The SMILES string of the molecule is COc1nn(C(Cc2ccc(Br)cc2)C(=O)Nc2ccc(C)cc2)c(=O)cc1-c1cc(Cl)ccc1C(C)=O. The number of amides is 1. The Kier molecular flexibility index (Phi) is 8.44. The van der Waals surface area contributed by atoms with E-state index >= 15 is 0 Å². The Morgan fingerprint density at radius 3 is 2.34 bits per heavy atom. The van der Waals surface area contributed by atoms with Gasteiger partial charge in [0.25, 0.3) is 5.56 Å². The number of aryl methyl sites for hydroxylation is 1. The van der Waals surface area contributed by atoms with Crippen LogP contribution in [0.25, 0.3) is 11.1 Å². The molecule has 0 aliphatic heterocycles. The lowest BCUT2D eigenvalue weighted by molar-refractivity contribution is -0.119. The van der Waals surface area contributed by atoms with Crippen molar-refractivity contribution in [2.75, 3.05) is 12.4 Å². The van der Waals surface area contributed by atoms with Gasteiger partial charge in [-0.3, -0.25) is 14.4 Å². The molecule has 3 aromatic carbocycles. The monoisotopic (exact) mass is 593 g/mol. The third kappa shape index (κ3) is 6.20. The number of halogens is 2. The molecule has 0 aliphatic carbocycles. The number of ketones is 1. The number of nitrogens with one attached hydrogen (secondary N) is 1. The summed E-state index contributed by atoms with van der Waals surface area (Å²) in [7, 11) is 1.41. The van der Waals surface area contributed by atoms with Crippen LogP contribution in [0.1, 0.15) is 34.5 Å². The van der Waals surface area contributed by atoms with E-state index in [1.807, 2.05) is 43.3 Å². The van der Waals surface area contributed by atoms with Crippen molar-refractivity contribution in [1.82, 2.24) is 9.78 Å². The molecule has 0 radical (unpaired) electrons. The number of rotatable bonds is 8. The minimum atomic E-state index is -0.987. The maximum absolute atomic E-state index is 13.5. The molecule has 1 aromatic heterocycles. The van der Waals surface area contributed by atoms with E-state index in [-0.39, 0.29) is 18.1 Å². The molecule has 4 rings (SSSR count). The summed E-state index contributed by atoms with van der Waals surface area (Å²) in [5, 5.41) is 7.73. The van der Waals surface area contributed by atoms with Crippen LogP contribution in [0.2, 0.25) is 5.02 Å². The highest BCUT2D eigenvalue weighted by atomic mass is 79.9. The molecule has 1 N–H and O–H groups in total. The predicted molar refractivity (Wildman–Crippen MR) is 152 cm³/mol. The lowest BCUT2D eigenvalue weighted by Crippen LogP contribution is -2.36. The van der Waals surface area contributed by atoms with E-state index < -0.39 is 17.5 Å². The van der Waals surface area contributed by atoms with E-state index in [9.17, 15) is 14.4 Å². The zero-order valence-corrected chi connectivity index (χ0v) is 23.3. The molecule has 0 aliphatic rings. The van der Waals surface area contributed by atoms with Gasteiger partial charge in [0.1, 0.15) is 6.04 Å². The molecule has 1 unspecified atom stereocenters. The number of hydrogen-bond acceptors (Lipinski definition) is 5. The van der Waals surface area contributed by atoms with Crippen molar-refractivity contribution in [3.05, 3.63) is 109 Å². The van der Waals surface area contributed by atoms with E-state index in [1.165, 1.54) is 20.1 Å². The van der Waals surface area contributed by atoms with Crippen molar-refractivity contribution in [2.24, 2.45) is 0 Å². The molecule has 1 amide bonds. The molecular formula is C29H25BrClN3O4. The predicted octanol–water partition coefficient (Wildman–Crippen LogP) is 6.27. The molecule has 0 fully saturated rings. The molecule has 1 atom stereocenters. The first-order valence-corrected chi connectivity index (χ1v) is 12.9. The second kappa shape index (κ2) is 11.8. The molecule has 1 heterocycles. The van der Waals surface area contributed by atoms with Gasteiger partial charge in [0.05, 0.1) is 12.7 Å². The third-order valence-corrected chi connectivity index (χ3v) is 6.79. The van der Waals surface area contributed by atoms with Crippen LogP contribution in [0, 0.1) is 6.92 Å². The van der Waals surface area contributed by atoms with Crippen LogP contribution in [0.4, 0.5) is 5.69 Å².